The molecule has 0 radical (unpaired) electrons. The number of benzene rings is 2. The number of methoxy groups -OCH3 is 1. The fourth-order valence-corrected chi connectivity index (χ4v) is 4.21. The zero-order valence-corrected chi connectivity index (χ0v) is 17.4. The molecule has 0 aliphatic rings. The Morgan fingerprint density at radius 1 is 1.10 bits per heavy atom. The summed E-state index contributed by atoms with van der Waals surface area (Å²) in [4.78, 5) is 20.2. The van der Waals surface area contributed by atoms with Crippen LogP contribution in [0.25, 0.3) is 22.4 Å². The highest BCUT2D eigenvalue weighted by Gasteiger charge is 2.14. The number of thiazole rings is 1. The van der Waals surface area contributed by atoms with Gasteiger partial charge in [-0.15, -0.1) is 5.10 Å². The lowest BCUT2D eigenvalue weighted by atomic mass is 10.2. The molecular weight excluding hydrogens is 384 g/mol. The number of rotatable bonds is 6. The van der Waals surface area contributed by atoms with Crippen LogP contribution in [0.5, 0.6) is 5.75 Å². The van der Waals surface area contributed by atoms with Gasteiger partial charge in [0.05, 0.1) is 17.2 Å². The first-order valence-electron chi connectivity index (χ1n) is 9.54. The van der Waals surface area contributed by atoms with E-state index in [4.69, 9.17) is 4.74 Å². The summed E-state index contributed by atoms with van der Waals surface area (Å²) in [7, 11) is 1.61. The lowest BCUT2D eigenvalue weighted by Crippen LogP contribution is -2.23. The van der Waals surface area contributed by atoms with Crippen molar-refractivity contribution < 1.29 is 4.74 Å². The van der Waals surface area contributed by atoms with Gasteiger partial charge in [0.1, 0.15) is 5.75 Å². The Balaban J connectivity index is 1.70. The summed E-state index contributed by atoms with van der Waals surface area (Å²) in [6.45, 7) is 6.21. The molecule has 0 aliphatic carbocycles. The van der Waals surface area contributed by atoms with Crippen LogP contribution in [0.2, 0.25) is 0 Å². The maximum absolute atomic E-state index is 12.8. The van der Waals surface area contributed by atoms with E-state index < -0.39 is 0 Å². The van der Waals surface area contributed by atoms with E-state index in [1.54, 1.807) is 7.11 Å². The minimum Gasteiger partial charge on any atom is -0.496 e. The Bertz CT molecular complexity index is 1240. The van der Waals surface area contributed by atoms with Crippen LogP contribution in [0.1, 0.15) is 19.4 Å². The quantitative estimate of drug-likeness (QED) is 0.492. The van der Waals surface area contributed by atoms with Crippen LogP contribution in [0, 0.1) is 0 Å². The predicted molar refractivity (Wildman–Crippen MR) is 118 cm³/mol. The molecule has 0 aliphatic heterocycles. The normalized spacial score (nSPS) is 11.9. The van der Waals surface area contributed by atoms with Crippen LogP contribution in [0.3, 0.4) is 0 Å². The Kier molecular flexibility index (Phi) is 5.31. The largest absolute Gasteiger partial charge is 0.496 e. The van der Waals surface area contributed by atoms with Gasteiger partial charge in [-0.3, -0.25) is 4.79 Å². The molecular formula is C22H22N4O2S. The fourth-order valence-electron chi connectivity index (χ4n) is 3.30. The van der Waals surface area contributed by atoms with E-state index in [9.17, 15) is 4.79 Å². The molecule has 0 atom stereocenters. The maximum Gasteiger partial charge on any atom is 0.291 e. The summed E-state index contributed by atoms with van der Waals surface area (Å²) in [5, 5.41) is 4.41. The van der Waals surface area contributed by atoms with Crippen molar-refractivity contribution in [3.05, 3.63) is 69.0 Å². The second-order valence-corrected chi connectivity index (χ2v) is 7.52. The van der Waals surface area contributed by atoms with Crippen LogP contribution in [0.4, 0.5) is 5.69 Å². The third-order valence-corrected chi connectivity index (χ3v) is 5.81. The second-order valence-electron chi connectivity index (χ2n) is 6.51. The molecule has 0 spiro atoms. The average molecular weight is 407 g/mol. The molecule has 0 bridgehead atoms. The summed E-state index contributed by atoms with van der Waals surface area (Å²) in [6.07, 6.45) is 1.89. The number of anilines is 1. The molecule has 2 heterocycles. The molecule has 0 unspecified atom stereocenters. The fraction of sp³-hybridized carbons (Fsp3) is 0.227. The number of para-hydroxylation sites is 1. The molecule has 6 nitrogen and oxygen atoms in total. The van der Waals surface area contributed by atoms with Crippen molar-refractivity contribution in [3.8, 4) is 17.1 Å². The molecule has 0 amide bonds. The molecule has 7 heteroatoms. The lowest BCUT2D eigenvalue weighted by molar-refractivity contribution is 0.416. The maximum atomic E-state index is 12.8. The topological polar surface area (TPSA) is 59.7 Å². The van der Waals surface area contributed by atoms with Crippen LogP contribution >= 0.6 is 11.3 Å². The SMILES string of the molecule is CCN(CC)c1ccc(/C=c2/sc3nc(-c4ccccc4OC)nn3c2=O)cc1. The summed E-state index contributed by atoms with van der Waals surface area (Å²) < 4.78 is 7.35. The molecule has 29 heavy (non-hydrogen) atoms. The molecule has 0 saturated carbocycles. The first-order chi connectivity index (χ1) is 14.1. The van der Waals surface area contributed by atoms with Gasteiger partial charge in [-0.1, -0.05) is 35.6 Å². The van der Waals surface area contributed by atoms with Gasteiger partial charge in [0.2, 0.25) is 4.96 Å². The smallest absolute Gasteiger partial charge is 0.291 e. The van der Waals surface area contributed by atoms with Crippen LogP contribution in [-0.2, 0) is 0 Å². The number of aromatic nitrogens is 3. The van der Waals surface area contributed by atoms with Crippen LogP contribution < -0.4 is 19.7 Å². The lowest BCUT2D eigenvalue weighted by Gasteiger charge is -2.20. The molecule has 4 aromatic rings. The number of hydrogen-bond acceptors (Lipinski definition) is 6. The van der Waals surface area contributed by atoms with Gasteiger partial charge < -0.3 is 9.64 Å². The second kappa shape index (κ2) is 8.05. The third-order valence-electron chi connectivity index (χ3n) is 4.85. The summed E-state index contributed by atoms with van der Waals surface area (Å²) >= 11 is 1.34. The predicted octanol–water partition coefficient (Wildman–Crippen LogP) is 3.22. The zero-order chi connectivity index (χ0) is 20.4. The average Bonchev–Trinajstić information content (AvgIpc) is 3.29. The van der Waals surface area contributed by atoms with Gasteiger partial charge in [0, 0.05) is 18.8 Å². The van der Waals surface area contributed by atoms with E-state index in [-0.39, 0.29) is 5.56 Å². The van der Waals surface area contributed by atoms with Gasteiger partial charge in [0.15, 0.2) is 5.82 Å². The molecule has 0 fully saturated rings. The summed E-state index contributed by atoms with van der Waals surface area (Å²) in [6, 6.07) is 15.7. The Morgan fingerprint density at radius 2 is 1.83 bits per heavy atom. The molecule has 2 aromatic heterocycles. The zero-order valence-electron chi connectivity index (χ0n) is 16.6. The highest BCUT2D eigenvalue weighted by molar-refractivity contribution is 7.15. The van der Waals surface area contributed by atoms with E-state index in [1.165, 1.54) is 21.5 Å². The first kappa shape index (κ1) is 19.1. The van der Waals surface area contributed by atoms with E-state index in [0.717, 1.165) is 24.2 Å². The molecule has 148 valence electrons. The van der Waals surface area contributed by atoms with Gasteiger partial charge in [0.25, 0.3) is 5.56 Å². The van der Waals surface area contributed by atoms with Crippen molar-refractivity contribution in [3.63, 3.8) is 0 Å². The molecule has 0 N–H and O–H groups in total. The van der Waals surface area contributed by atoms with Crippen molar-refractivity contribution >= 4 is 28.1 Å². The number of fused-ring (bicyclic) bond motifs is 1. The first-order valence-corrected chi connectivity index (χ1v) is 10.4. The van der Waals surface area contributed by atoms with Crippen molar-refractivity contribution in [1.82, 2.24) is 14.6 Å². The van der Waals surface area contributed by atoms with Gasteiger partial charge in [-0.05, 0) is 49.8 Å². The van der Waals surface area contributed by atoms with Gasteiger partial charge in [-0.2, -0.15) is 9.50 Å². The van der Waals surface area contributed by atoms with Crippen LogP contribution in [-0.4, -0.2) is 34.8 Å². The Hall–Kier alpha value is -3.19. The highest BCUT2D eigenvalue weighted by atomic mass is 32.1. The molecule has 0 saturated heterocycles. The van der Waals surface area contributed by atoms with Crippen molar-refractivity contribution in [1.29, 1.82) is 0 Å². The minimum absolute atomic E-state index is 0.161. The molecule has 2 aromatic carbocycles. The van der Waals surface area contributed by atoms with Crippen molar-refractivity contribution in [2.24, 2.45) is 0 Å². The van der Waals surface area contributed by atoms with Gasteiger partial charge >= 0.3 is 0 Å². The minimum atomic E-state index is -0.161. The van der Waals surface area contributed by atoms with Crippen LogP contribution in [0.15, 0.2) is 53.3 Å². The molecule has 4 rings (SSSR count). The standard InChI is InChI=1S/C22H22N4O2S/c1-4-25(5-2)16-12-10-15(11-13-16)14-19-21(27)26-22(29-19)23-20(24-26)17-8-6-7-9-18(17)28-3/h6-14H,4-5H2,1-3H3/b19-14+. The van der Waals surface area contributed by atoms with E-state index >= 15 is 0 Å². The highest BCUT2D eigenvalue weighted by Crippen LogP contribution is 2.27. The van der Waals surface area contributed by atoms with Crippen molar-refractivity contribution in [2.45, 2.75) is 13.8 Å². The number of ether oxygens (including phenoxy) is 1. The number of nitrogens with zero attached hydrogens (tertiary/aromatic N) is 4. The Morgan fingerprint density at radius 3 is 2.48 bits per heavy atom. The monoisotopic (exact) mass is 406 g/mol. The third kappa shape index (κ3) is 3.61. The Labute approximate surface area is 172 Å². The van der Waals surface area contributed by atoms with E-state index in [0.29, 0.717) is 21.1 Å². The summed E-state index contributed by atoms with van der Waals surface area (Å²) in [5.41, 5.74) is 2.76. The van der Waals surface area contributed by atoms with Gasteiger partial charge in [-0.25, -0.2) is 0 Å². The van der Waals surface area contributed by atoms with Crippen molar-refractivity contribution in [2.75, 3.05) is 25.1 Å². The number of hydrogen-bond donors (Lipinski definition) is 0. The van der Waals surface area contributed by atoms with E-state index in [2.05, 4.69) is 41.0 Å². The van der Waals surface area contributed by atoms with E-state index in [1.807, 2.05) is 42.5 Å². The summed E-state index contributed by atoms with van der Waals surface area (Å²) in [5.74, 6) is 1.17.